The minimum Gasteiger partial charge on any atom is -0.481 e. The second-order valence-corrected chi connectivity index (χ2v) is 4.48. The van der Waals surface area contributed by atoms with Crippen LogP contribution in [0, 0.1) is 0 Å². The third-order valence-corrected chi connectivity index (χ3v) is 3.30. The fourth-order valence-electron chi connectivity index (χ4n) is 2.23. The summed E-state index contributed by atoms with van der Waals surface area (Å²) in [5.41, 5.74) is 1.55. The number of hydrogen-bond donors (Lipinski definition) is 1. The summed E-state index contributed by atoms with van der Waals surface area (Å²) in [6, 6.07) is 11.3. The van der Waals surface area contributed by atoms with Crippen molar-refractivity contribution in [3.8, 4) is 5.88 Å². The molecule has 0 saturated heterocycles. The molecule has 0 bridgehead atoms. The first kappa shape index (κ1) is 12.6. The molecule has 1 atom stereocenters. The van der Waals surface area contributed by atoms with Gasteiger partial charge in [0.2, 0.25) is 5.88 Å². The summed E-state index contributed by atoms with van der Waals surface area (Å²) in [7, 11) is 1.56. The summed E-state index contributed by atoms with van der Waals surface area (Å²) in [5, 5.41) is 12.5. The van der Waals surface area contributed by atoms with Crippen molar-refractivity contribution in [2.24, 2.45) is 0 Å². The lowest BCUT2D eigenvalue weighted by atomic mass is 9.98. The number of aliphatic hydroxyl groups excluding tert-OH is 1. The van der Waals surface area contributed by atoms with Crippen molar-refractivity contribution in [3.63, 3.8) is 0 Å². The Hall–Kier alpha value is -2.46. The van der Waals surface area contributed by atoms with Crippen molar-refractivity contribution in [3.05, 3.63) is 66.1 Å². The van der Waals surface area contributed by atoms with E-state index in [1.807, 2.05) is 30.3 Å². The zero-order valence-corrected chi connectivity index (χ0v) is 11.0. The Labute approximate surface area is 116 Å². The highest BCUT2D eigenvalue weighted by Crippen LogP contribution is 2.28. The number of aromatic nitrogens is 2. The summed E-state index contributed by atoms with van der Waals surface area (Å²) in [4.78, 5) is 8.26. The first-order valence-electron chi connectivity index (χ1n) is 6.30. The van der Waals surface area contributed by atoms with Crippen molar-refractivity contribution in [2.75, 3.05) is 7.11 Å². The number of benzene rings is 1. The van der Waals surface area contributed by atoms with Gasteiger partial charge < -0.3 is 9.84 Å². The Morgan fingerprint density at radius 3 is 2.75 bits per heavy atom. The molecule has 20 heavy (non-hydrogen) atoms. The molecular weight excluding hydrogens is 252 g/mol. The van der Waals surface area contributed by atoms with Gasteiger partial charge in [0.25, 0.3) is 0 Å². The lowest BCUT2D eigenvalue weighted by molar-refractivity contribution is 0.221. The molecule has 0 aliphatic rings. The largest absolute Gasteiger partial charge is 0.481 e. The fourth-order valence-corrected chi connectivity index (χ4v) is 2.23. The number of methoxy groups -OCH3 is 1. The molecule has 3 aromatic rings. The number of fused-ring (bicyclic) bond motifs is 1. The normalized spacial score (nSPS) is 12.3. The molecule has 100 valence electrons. The molecular formula is C16H14N2O2. The van der Waals surface area contributed by atoms with E-state index >= 15 is 0 Å². The second-order valence-electron chi connectivity index (χ2n) is 4.48. The smallest absolute Gasteiger partial charge is 0.212 e. The number of hydrogen-bond acceptors (Lipinski definition) is 4. The Kier molecular flexibility index (Phi) is 3.31. The first-order valence-corrected chi connectivity index (χ1v) is 6.30. The number of aliphatic hydroxyl groups is 1. The molecule has 1 aromatic carbocycles. The lowest BCUT2D eigenvalue weighted by Gasteiger charge is -2.14. The van der Waals surface area contributed by atoms with Gasteiger partial charge in [0.1, 0.15) is 6.10 Å². The highest BCUT2D eigenvalue weighted by atomic mass is 16.5. The molecule has 0 saturated carbocycles. The van der Waals surface area contributed by atoms with Gasteiger partial charge >= 0.3 is 0 Å². The van der Waals surface area contributed by atoms with Crippen LogP contribution in [0.5, 0.6) is 5.88 Å². The average Bonchev–Trinajstić information content (AvgIpc) is 2.54. The molecule has 4 nitrogen and oxygen atoms in total. The molecule has 0 spiro atoms. The molecule has 1 N–H and O–H groups in total. The maximum Gasteiger partial charge on any atom is 0.212 e. The van der Waals surface area contributed by atoms with E-state index in [1.165, 1.54) is 0 Å². The SMILES string of the molecule is COc1ccc(C(O)c2cccc3ccncc23)cn1. The maximum atomic E-state index is 10.5. The Morgan fingerprint density at radius 1 is 1.10 bits per heavy atom. The van der Waals surface area contributed by atoms with Crippen LogP contribution in [0.4, 0.5) is 0 Å². The van der Waals surface area contributed by atoms with Crippen LogP contribution in [0.2, 0.25) is 0 Å². The minimum absolute atomic E-state index is 0.528. The minimum atomic E-state index is -0.735. The van der Waals surface area contributed by atoms with Crippen molar-refractivity contribution < 1.29 is 9.84 Å². The molecule has 0 aliphatic heterocycles. The van der Waals surface area contributed by atoms with E-state index in [-0.39, 0.29) is 0 Å². The first-order chi connectivity index (χ1) is 9.79. The van der Waals surface area contributed by atoms with Gasteiger partial charge in [-0.15, -0.1) is 0 Å². The predicted octanol–water partition coefficient (Wildman–Crippen LogP) is 2.72. The van der Waals surface area contributed by atoms with Crippen molar-refractivity contribution >= 4 is 10.8 Å². The van der Waals surface area contributed by atoms with Crippen LogP contribution < -0.4 is 4.74 Å². The van der Waals surface area contributed by atoms with Crippen LogP contribution in [0.25, 0.3) is 10.8 Å². The number of ether oxygens (including phenoxy) is 1. The van der Waals surface area contributed by atoms with Gasteiger partial charge in [0.05, 0.1) is 7.11 Å². The van der Waals surface area contributed by atoms with Gasteiger partial charge in [0.15, 0.2) is 0 Å². The number of nitrogens with zero attached hydrogens (tertiary/aromatic N) is 2. The van der Waals surface area contributed by atoms with E-state index in [9.17, 15) is 5.11 Å². The predicted molar refractivity (Wildman–Crippen MR) is 76.6 cm³/mol. The van der Waals surface area contributed by atoms with Crippen LogP contribution >= 0.6 is 0 Å². The van der Waals surface area contributed by atoms with Gasteiger partial charge in [-0.25, -0.2) is 4.98 Å². The van der Waals surface area contributed by atoms with Crippen molar-refractivity contribution in [2.45, 2.75) is 6.10 Å². The van der Waals surface area contributed by atoms with Crippen molar-refractivity contribution in [1.82, 2.24) is 9.97 Å². The van der Waals surface area contributed by atoms with Gasteiger partial charge in [-0.3, -0.25) is 4.98 Å². The summed E-state index contributed by atoms with van der Waals surface area (Å²) in [5.74, 6) is 0.528. The summed E-state index contributed by atoms with van der Waals surface area (Å²) >= 11 is 0. The third-order valence-electron chi connectivity index (χ3n) is 3.30. The molecule has 3 rings (SSSR count). The fraction of sp³-hybridized carbons (Fsp3) is 0.125. The summed E-state index contributed by atoms with van der Waals surface area (Å²) in [6.45, 7) is 0. The topological polar surface area (TPSA) is 55.2 Å². The molecule has 0 fully saturated rings. The van der Waals surface area contributed by atoms with E-state index in [0.717, 1.165) is 21.9 Å². The molecule has 2 aromatic heterocycles. The number of pyridine rings is 2. The van der Waals surface area contributed by atoms with Crippen LogP contribution in [0.3, 0.4) is 0 Å². The van der Waals surface area contributed by atoms with E-state index in [2.05, 4.69) is 9.97 Å². The lowest BCUT2D eigenvalue weighted by Crippen LogP contribution is -2.01. The van der Waals surface area contributed by atoms with Crippen LogP contribution in [-0.4, -0.2) is 22.2 Å². The Bertz CT molecular complexity index is 721. The molecule has 2 heterocycles. The van der Waals surface area contributed by atoms with Gasteiger partial charge in [0, 0.05) is 35.6 Å². The summed E-state index contributed by atoms with van der Waals surface area (Å²) < 4.78 is 5.02. The maximum absolute atomic E-state index is 10.5. The van der Waals surface area contributed by atoms with Crippen LogP contribution in [0.1, 0.15) is 17.2 Å². The molecule has 4 heteroatoms. The third kappa shape index (κ3) is 2.21. The van der Waals surface area contributed by atoms with Crippen molar-refractivity contribution in [1.29, 1.82) is 0 Å². The average molecular weight is 266 g/mol. The van der Waals surface area contributed by atoms with Gasteiger partial charge in [-0.05, 0) is 23.1 Å². The molecule has 0 radical (unpaired) electrons. The Morgan fingerprint density at radius 2 is 2.00 bits per heavy atom. The molecule has 0 aliphatic carbocycles. The Balaban J connectivity index is 2.05. The van der Waals surface area contributed by atoms with Gasteiger partial charge in [-0.1, -0.05) is 18.2 Å². The van der Waals surface area contributed by atoms with E-state index in [4.69, 9.17) is 4.74 Å². The summed E-state index contributed by atoms with van der Waals surface area (Å²) in [6.07, 6.45) is 4.40. The van der Waals surface area contributed by atoms with E-state index < -0.39 is 6.10 Å². The second kappa shape index (κ2) is 5.27. The monoisotopic (exact) mass is 266 g/mol. The highest BCUT2D eigenvalue weighted by Gasteiger charge is 2.14. The molecule has 0 amide bonds. The van der Waals surface area contributed by atoms with Crippen LogP contribution in [-0.2, 0) is 0 Å². The zero-order valence-electron chi connectivity index (χ0n) is 11.0. The van der Waals surface area contributed by atoms with Crippen LogP contribution in [0.15, 0.2) is 55.0 Å². The van der Waals surface area contributed by atoms with E-state index in [1.54, 1.807) is 31.8 Å². The standard InChI is InChI=1S/C16H14N2O2/c1-20-15-6-5-12(9-18-15)16(19)13-4-2-3-11-7-8-17-10-14(11)13/h2-10,16,19H,1H3. The quantitative estimate of drug-likeness (QED) is 0.792. The zero-order chi connectivity index (χ0) is 13.9. The van der Waals surface area contributed by atoms with Gasteiger partial charge in [-0.2, -0.15) is 0 Å². The molecule has 1 unspecified atom stereocenters. The van der Waals surface area contributed by atoms with E-state index in [0.29, 0.717) is 5.88 Å². The highest BCUT2D eigenvalue weighted by molar-refractivity contribution is 5.85. The number of rotatable bonds is 3.